The molecule has 2 N–H and O–H groups in total. The van der Waals surface area contributed by atoms with Gasteiger partial charge in [0.05, 0.1) is 18.6 Å². The van der Waals surface area contributed by atoms with Crippen molar-refractivity contribution in [3.8, 4) is 0 Å². The number of aromatic nitrogens is 1. The van der Waals surface area contributed by atoms with Crippen LogP contribution in [0.15, 0.2) is 54.7 Å². The van der Waals surface area contributed by atoms with Crippen molar-refractivity contribution >= 4 is 28.5 Å². The average molecular weight is 390 g/mol. The van der Waals surface area contributed by atoms with Gasteiger partial charge in [0.15, 0.2) is 0 Å². The predicted octanol–water partition coefficient (Wildman–Crippen LogP) is 4.63. The maximum absolute atomic E-state index is 13.4. The summed E-state index contributed by atoms with van der Waals surface area (Å²) in [6.45, 7) is 0. The van der Waals surface area contributed by atoms with Gasteiger partial charge in [-0.05, 0) is 23.8 Å². The smallest absolute Gasteiger partial charge is 0.396 e. The van der Waals surface area contributed by atoms with E-state index in [0.29, 0.717) is 10.9 Å². The highest BCUT2D eigenvalue weighted by molar-refractivity contribution is 6.06. The summed E-state index contributed by atoms with van der Waals surface area (Å²) in [5.41, 5.74) is 0.968. The van der Waals surface area contributed by atoms with E-state index in [1.54, 1.807) is 24.4 Å². The van der Waals surface area contributed by atoms with E-state index in [1.165, 1.54) is 37.4 Å². The van der Waals surface area contributed by atoms with Crippen LogP contribution in [-0.2, 0) is 9.53 Å². The van der Waals surface area contributed by atoms with Crippen molar-refractivity contribution in [2.45, 2.75) is 18.5 Å². The lowest BCUT2D eigenvalue weighted by atomic mass is 9.94. The molecule has 3 rings (SSSR count). The van der Waals surface area contributed by atoms with E-state index in [9.17, 15) is 22.8 Å². The van der Waals surface area contributed by atoms with Gasteiger partial charge in [0.1, 0.15) is 0 Å². The second kappa shape index (κ2) is 7.75. The third-order valence-electron chi connectivity index (χ3n) is 4.34. The number of esters is 1. The van der Waals surface area contributed by atoms with Crippen LogP contribution in [0, 0.1) is 0 Å². The van der Waals surface area contributed by atoms with Gasteiger partial charge in [-0.25, -0.2) is 4.79 Å². The number of hydrogen-bond acceptors (Lipinski definition) is 3. The number of hydrogen-bond donors (Lipinski definition) is 2. The van der Waals surface area contributed by atoms with E-state index in [1.807, 2.05) is 0 Å². The number of benzene rings is 2. The van der Waals surface area contributed by atoms with Crippen molar-refractivity contribution in [3.63, 3.8) is 0 Å². The largest absolute Gasteiger partial charge is 0.465 e. The molecule has 8 heteroatoms. The molecule has 1 atom stereocenters. The minimum Gasteiger partial charge on any atom is -0.465 e. The Morgan fingerprint density at radius 3 is 2.50 bits per heavy atom. The molecule has 0 saturated carbocycles. The predicted molar refractivity (Wildman–Crippen MR) is 98.1 cm³/mol. The Kier molecular flexibility index (Phi) is 5.39. The molecule has 0 bridgehead atoms. The second-order valence-corrected chi connectivity index (χ2v) is 6.21. The fourth-order valence-electron chi connectivity index (χ4n) is 3.02. The first-order valence-corrected chi connectivity index (χ1v) is 8.40. The molecule has 1 aromatic heterocycles. The summed E-state index contributed by atoms with van der Waals surface area (Å²) in [4.78, 5) is 27.2. The molecule has 0 radical (unpaired) electrons. The van der Waals surface area contributed by atoms with Crippen LogP contribution in [0.1, 0.15) is 28.3 Å². The average Bonchev–Trinajstić information content (AvgIpc) is 3.13. The van der Waals surface area contributed by atoms with Crippen molar-refractivity contribution in [2.24, 2.45) is 0 Å². The van der Waals surface area contributed by atoms with Crippen LogP contribution in [-0.4, -0.2) is 30.1 Å². The third-order valence-corrected chi connectivity index (χ3v) is 4.34. The van der Waals surface area contributed by atoms with E-state index in [2.05, 4.69) is 10.3 Å². The lowest BCUT2D eigenvalue weighted by Gasteiger charge is -2.20. The van der Waals surface area contributed by atoms with E-state index in [-0.39, 0.29) is 16.8 Å². The zero-order chi connectivity index (χ0) is 20.3. The minimum atomic E-state index is -4.57. The SMILES string of the molecule is COC(=O)c1cc(NC(=O)CC(c2ccccc2)C(F)(F)F)cc2[nH]ccc12. The van der Waals surface area contributed by atoms with Gasteiger partial charge in [-0.2, -0.15) is 13.2 Å². The normalized spacial score (nSPS) is 12.6. The van der Waals surface area contributed by atoms with Crippen LogP contribution in [0.2, 0.25) is 0 Å². The van der Waals surface area contributed by atoms with Gasteiger partial charge in [-0.1, -0.05) is 30.3 Å². The molecular formula is C20H17F3N2O3. The molecule has 146 valence electrons. The van der Waals surface area contributed by atoms with Gasteiger partial charge in [0.2, 0.25) is 5.91 Å². The van der Waals surface area contributed by atoms with Crippen LogP contribution < -0.4 is 5.32 Å². The Morgan fingerprint density at radius 2 is 1.86 bits per heavy atom. The van der Waals surface area contributed by atoms with Crippen molar-refractivity contribution in [1.29, 1.82) is 0 Å². The molecule has 0 spiro atoms. The summed E-state index contributed by atoms with van der Waals surface area (Å²) >= 11 is 0. The maximum Gasteiger partial charge on any atom is 0.396 e. The van der Waals surface area contributed by atoms with Crippen molar-refractivity contribution < 1.29 is 27.5 Å². The summed E-state index contributed by atoms with van der Waals surface area (Å²) in [5.74, 6) is -3.35. The van der Waals surface area contributed by atoms with Gasteiger partial charge >= 0.3 is 12.1 Å². The Labute approximate surface area is 158 Å². The van der Waals surface area contributed by atoms with Crippen LogP contribution >= 0.6 is 0 Å². The number of alkyl halides is 3. The molecule has 0 aliphatic heterocycles. The standard InChI is InChI=1S/C20H17F3N2O3/c1-28-19(27)15-9-13(10-17-14(15)7-8-24-17)25-18(26)11-16(20(21,22)23)12-5-3-2-4-6-12/h2-10,16,24H,11H2,1H3,(H,25,26). The number of H-pyrrole nitrogens is 1. The number of rotatable bonds is 5. The van der Waals surface area contributed by atoms with E-state index in [0.717, 1.165) is 0 Å². The number of fused-ring (bicyclic) bond motifs is 1. The molecule has 28 heavy (non-hydrogen) atoms. The van der Waals surface area contributed by atoms with Gasteiger partial charge in [0.25, 0.3) is 0 Å². The van der Waals surface area contributed by atoms with Crippen molar-refractivity contribution in [3.05, 3.63) is 65.9 Å². The molecule has 1 unspecified atom stereocenters. The second-order valence-electron chi connectivity index (χ2n) is 6.21. The number of carbonyl (C=O) groups is 2. The molecule has 0 fully saturated rings. The number of aromatic amines is 1. The fourth-order valence-corrected chi connectivity index (χ4v) is 3.02. The summed E-state index contributed by atoms with van der Waals surface area (Å²) in [6.07, 6.45) is -3.74. The quantitative estimate of drug-likeness (QED) is 0.624. The monoisotopic (exact) mass is 390 g/mol. The van der Waals surface area contributed by atoms with Gasteiger partial charge in [-0.3, -0.25) is 4.79 Å². The molecular weight excluding hydrogens is 373 g/mol. The third kappa shape index (κ3) is 4.16. The summed E-state index contributed by atoms with van der Waals surface area (Å²) in [5, 5.41) is 3.03. The first-order chi connectivity index (χ1) is 13.3. The van der Waals surface area contributed by atoms with Crippen molar-refractivity contribution in [2.75, 3.05) is 12.4 Å². The van der Waals surface area contributed by atoms with Crippen LogP contribution in [0.3, 0.4) is 0 Å². The number of nitrogens with one attached hydrogen (secondary N) is 2. The van der Waals surface area contributed by atoms with E-state index >= 15 is 0 Å². The Balaban J connectivity index is 1.85. The Bertz CT molecular complexity index is 997. The number of methoxy groups -OCH3 is 1. The maximum atomic E-state index is 13.4. The molecule has 2 aromatic carbocycles. The van der Waals surface area contributed by atoms with Crippen molar-refractivity contribution in [1.82, 2.24) is 4.98 Å². The summed E-state index contributed by atoms with van der Waals surface area (Å²) < 4.78 is 45.0. The molecule has 3 aromatic rings. The Hall–Kier alpha value is -3.29. The zero-order valence-electron chi connectivity index (χ0n) is 14.8. The van der Waals surface area contributed by atoms with Crippen LogP contribution in [0.4, 0.5) is 18.9 Å². The molecule has 1 amide bonds. The fraction of sp³-hybridized carbons (Fsp3) is 0.200. The topological polar surface area (TPSA) is 71.2 Å². The summed E-state index contributed by atoms with van der Waals surface area (Å²) in [6, 6.07) is 11.9. The lowest BCUT2D eigenvalue weighted by molar-refractivity contribution is -0.155. The highest BCUT2D eigenvalue weighted by Crippen LogP contribution is 2.37. The minimum absolute atomic E-state index is 0.0141. The molecule has 0 saturated heterocycles. The number of halogens is 3. The first kappa shape index (κ1) is 19.5. The highest BCUT2D eigenvalue weighted by atomic mass is 19.4. The highest BCUT2D eigenvalue weighted by Gasteiger charge is 2.41. The lowest BCUT2D eigenvalue weighted by Crippen LogP contribution is -2.26. The first-order valence-electron chi connectivity index (χ1n) is 8.40. The van der Waals surface area contributed by atoms with Gasteiger partial charge < -0.3 is 15.0 Å². The van der Waals surface area contributed by atoms with Gasteiger partial charge in [-0.15, -0.1) is 0 Å². The number of carbonyl (C=O) groups excluding carboxylic acids is 2. The van der Waals surface area contributed by atoms with E-state index in [4.69, 9.17) is 4.74 Å². The number of anilines is 1. The number of ether oxygens (including phenoxy) is 1. The molecule has 5 nitrogen and oxygen atoms in total. The molecule has 0 aliphatic carbocycles. The molecule has 1 heterocycles. The number of amides is 1. The van der Waals surface area contributed by atoms with Crippen LogP contribution in [0.5, 0.6) is 0 Å². The van der Waals surface area contributed by atoms with Gasteiger partial charge in [0, 0.05) is 29.2 Å². The molecule has 0 aliphatic rings. The zero-order valence-corrected chi connectivity index (χ0v) is 14.8. The Morgan fingerprint density at radius 1 is 1.14 bits per heavy atom. The summed E-state index contributed by atoms with van der Waals surface area (Å²) in [7, 11) is 1.22. The van der Waals surface area contributed by atoms with Crippen LogP contribution in [0.25, 0.3) is 10.9 Å². The van der Waals surface area contributed by atoms with E-state index < -0.39 is 30.4 Å².